The zero-order chi connectivity index (χ0) is 22.7. The molecule has 32 heavy (non-hydrogen) atoms. The number of rotatable bonds is 6. The summed E-state index contributed by atoms with van der Waals surface area (Å²) in [5, 5.41) is 5.65. The molecule has 4 rings (SSSR count). The van der Waals surface area contributed by atoms with Gasteiger partial charge in [0, 0.05) is 21.0 Å². The Bertz CT molecular complexity index is 1370. The molecule has 0 saturated heterocycles. The maximum Gasteiger partial charge on any atom is 0.282 e. The Labute approximate surface area is 199 Å². The van der Waals surface area contributed by atoms with Crippen LogP contribution in [0, 0.1) is 0 Å². The molecule has 162 valence electrons. The topological polar surface area (TPSA) is 56.5 Å². The first kappa shape index (κ1) is 22.2. The monoisotopic (exact) mass is 509 g/mol. The van der Waals surface area contributed by atoms with Crippen molar-refractivity contribution in [2.24, 2.45) is 5.10 Å². The molecule has 0 aliphatic carbocycles. The summed E-state index contributed by atoms with van der Waals surface area (Å²) < 4.78 is 8.08. The number of benzene rings is 3. The normalized spacial score (nSPS) is 11.5. The van der Waals surface area contributed by atoms with E-state index in [1.54, 1.807) is 12.3 Å². The lowest BCUT2D eigenvalue weighted by Gasteiger charge is -2.12. The molecule has 1 heterocycles. The second-order valence-corrected chi connectivity index (χ2v) is 8.92. The lowest BCUT2D eigenvalue weighted by molar-refractivity contribution is 0.306. The summed E-state index contributed by atoms with van der Waals surface area (Å²) in [5.74, 6) is 1.32. The average molecular weight is 511 g/mol. The fraction of sp³-hybridized carbons (Fsp3) is 0.160. The zero-order valence-electron chi connectivity index (χ0n) is 17.6. The van der Waals surface area contributed by atoms with Crippen LogP contribution in [0.5, 0.6) is 5.75 Å². The first-order valence-corrected chi connectivity index (χ1v) is 11.3. The highest BCUT2D eigenvalue weighted by atomic mass is 79.9. The average Bonchev–Trinajstić information content (AvgIpc) is 2.78. The van der Waals surface area contributed by atoms with Crippen LogP contribution in [-0.4, -0.2) is 15.9 Å². The summed E-state index contributed by atoms with van der Waals surface area (Å²) in [4.78, 5) is 17.8. The molecule has 0 spiro atoms. The third-order valence-electron chi connectivity index (χ3n) is 4.88. The Balaban J connectivity index is 1.64. The molecule has 5 nitrogen and oxygen atoms in total. The molecular formula is C25H21BrClN3O2. The molecule has 0 bridgehead atoms. The van der Waals surface area contributed by atoms with Crippen LogP contribution in [0.15, 0.2) is 81.1 Å². The van der Waals surface area contributed by atoms with Gasteiger partial charge in [0.05, 0.1) is 17.1 Å². The Morgan fingerprint density at radius 3 is 2.72 bits per heavy atom. The van der Waals surface area contributed by atoms with Gasteiger partial charge in [-0.1, -0.05) is 71.7 Å². The standard InChI is InChI=1S/C25H21BrClN3O2/c1-16(2)24-29-23-11-10-19(26)13-21(23)25(31)30(24)28-14-17-6-5-8-20(12-17)32-15-18-7-3-4-9-22(18)27/h3-14,16H,15H2,1-2H3. The molecule has 0 amide bonds. The van der Waals surface area contributed by atoms with Crippen LogP contribution in [0.1, 0.15) is 36.7 Å². The molecule has 3 aromatic carbocycles. The van der Waals surface area contributed by atoms with E-state index in [-0.39, 0.29) is 11.5 Å². The second kappa shape index (κ2) is 9.67. The molecule has 0 atom stereocenters. The molecular weight excluding hydrogens is 490 g/mol. The zero-order valence-corrected chi connectivity index (χ0v) is 20.0. The summed E-state index contributed by atoms with van der Waals surface area (Å²) in [6.07, 6.45) is 1.64. The number of hydrogen-bond acceptors (Lipinski definition) is 4. The van der Waals surface area contributed by atoms with Crippen LogP contribution in [0.4, 0.5) is 0 Å². The third-order valence-corrected chi connectivity index (χ3v) is 5.74. The van der Waals surface area contributed by atoms with Gasteiger partial charge in [-0.2, -0.15) is 9.78 Å². The molecule has 0 aliphatic heterocycles. The van der Waals surface area contributed by atoms with Gasteiger partial charge in [-0.05, 0) is 42.0 Å². The predicted octanol–water partition coefficient (Wildman–Crippen LogP) is 6.40. The summed E-state index contributed by atoms with van der Waals surface area (Å²) >= 11 is 9.62. The van der Waals surface area contributed by atoms with Crippen LogP contribution >= 0.6 is 27.5 Å². The van der Waals surface area contributed by atoms with E-state index in [0.717, 1.165) is 15.6 Å². The summed E-state index contributed by atoms with van der Waals surface area (Å²) in [7, 11) is 0. The minimum Gasteiger partial charge on any atom is -0.489 e. The number of hydrogen-bond donors (Lipinski definition) is 0. The molecule has 0 radical (unpaired) electrons. The van der Waals surface area contributed by atoms with Gasteiger partial charge in [-0.3, -0.25) is 4.79 Å². The molecule has 7 heteroatoms. The number of ether oxygens (including phenoxy) is 1. The number of fused-ring (bicyclic) bond motifs is 1. The second-order valence-electron chi connectivity index (χ2n) is 7.60. The Morgan fingerprint density at radius 2 is 1.94 bits per heavy atom. The lowest BCUT2D eigenvalue weighted by Crippen LogP contribution is -2.23. The molecule has 0 aliphatic rings. The van der Waals surface area contributed by atoms with E-state index in [1.165, 1.54) is 4.68 Å². The van der Waals surface area contributed by atoms with Crippen LogP contribution in [-0.2, 0) is 6.61 Å². The van der Waals surface area contributed by atoms with E-state index < -0.39 is 0 Å². The maximum absolute atomic E-state index is 13.1. The molecule has 0 N–H and O–H groups in total. The van der Waals surface area contributed by atoms with E-state index in [9.17, 15) is 4.79 Å². The number of nitrogens with zero attached hydrogens (tertiary/aromatic N) is 3. The van der Waals surface area contributed by atoms with Crippen molar-refractivity contribution in [3.63, 3.8) is 0 Å². The predicted molar refractivity (Wildman–Crippen MR) is 133 cm³/mol. The largest absolute Gasteiger partial charge is 0.489 e. The van der Waals surface area contributed by atoms with Gasteiger partial charge in [-0.15, -0.1) is 0 Å². The van der Waals surface area contributed by atoms with Crippen molar-refractivity contribution >= 4 is 44.6 Å². The van der Waals surface area contributed by atoms with Gasteiger partial charge in [0.1, 0.15) is 18.2 Å². The smallest absolute Gasteiger partial charge is 0.282 e. The van der Waals surface area contributed by atoms with E-state index in [1.807, 2.05) is 74.5 Å². The van der Waals surface area contributed by atoms with Crippen LogP contribution in [0.2, 0.25) is 5.02 Å². The van der Waals surface area contributed by atoms with Gasteiger partial charge < -0.3 is 4.74 Å². The highest BCUT2D eigenvalue weighted by Crippen LogP contribution is 2.20. The minimum absolute atomic E-state index is 0.0261. The van der Waals surface area contributed by atoms with Gasteiger partial charge in [-0.25, -0.2) is 4.98 Å². The highest BCUT2D eigenvalue weighted by molar-refractivity contribution is 9.10. The highest BCUT2D eigenvalue weighted by Gasteiger charge is 2.13. The van der Waals surface area contributed by atoms with Gasteiger partial charge in [0.25, 0.3) is 5.56 Å². The van der Waals surface area contributed by atoms with E-state index in [0.29, 0.717) is 34.1 Å². The van der Waals surface area contributed by atoms with Crippen molar-refractivity contribution in [2.75, 3.05) is 0 Å². The van der Waals surface area contributed by atoms with E-state index in [4.69, 9.17) is 16.3 Å². The van der Waals surface area contributed by atoms with E-state index in [2.05, 4.69) is 26.0 Å². The van der Waals surface area contributed by atoms with Crippen molar-refractivity contribution < 1.29 is 4.74 Å². The van der Waals surface area contributed by atoms with Crippen LogP contribution in [0.3, 0.4) is 0 Å². The van der Waals surface area contributed by atoms with Crippen molar-refractivity contribution in [3.8, 4) is 5.75 Å². The summed E-state index contributed by atoms with van der Waals surface area (Å²) in [5.41, 5.74) is 2.16. The van der Waals surface area contributed by atoms with Gasteiger partial charge >= 0.3 is 0 Å². The van der Waals surface area contributed by atoms with Crippen molar-refractivity contribution in [2.45, 2.75) is 26.4 Å². The van der Waals surface area contributed by atoms with Crippen molar-refractivity contribution in [3.05, 3.63) is 104 Å². The molecule has 4 aromatic rings. The molecule has 0 saturated carbocycles. The minimum atomic E-state index is -0.206. The van der Waals surface area contributed by atoms with Crippen LogP contribution < -0.4 is 10.3 Å². The van der Waals surface area contributed by atoms with Crippen molar-refractivity contribution in [1.29, 1.82) is 0 Å². The first-order valence-electron chi connectivity index (χ1n) is 10.1. The fourth-order valence-corrected chi connectivity index (χ4v) is 3.79. The van der Waals surface area contributed by atoms with Gasteiger partial charge in [0.2, 0.25) is 0 Å². The molecule has 0 unspecified atom stereocenters. The Hall–Kier alpha value is -2.96. The maximum atomic E-state index is 13.1. The SMILES string of the molecule is CC(C)c1nc2ccc(Br)cc2c(=O)n1N=Cc1cccc(OCc2ccccc2Cl)c1. The summed E-state index contributed by atoms with van der Waals surface area (Å²) in [6.45, 7) is 4.34. The molecule has 0 fully saturated rings. The number of halogens is 2. The third kappa shape index (κ3) is 4.92. The van der Waals surface area contributed by atoms with E-state index >= 15 is 0 Å². The summed E-state index contributed by atoms with van der Waals surface area (Å²) in [6, 6.07) is 20.6. The first-order chi connectivity index (χ1) is 15.4. The molecule has 1 aromatic heterocycles. The van der Waals surface area contributed by atoms with Crippen LogP contribution in [0.25, 0.3) is 10.9 Å². The Kier molecular flexibility index (Phi) is 6.72. The lowest BCUT2D eigenvalue weighted by atomic mass is 10.2. The quantitative estimate of drug-likeness (QED) is 0.282. The number of aromatic nitrogens is 2. The van der Waals surface area contributed by atoms with Gasteiger partial charge in [0.15, 0.2) is 0 Å². The fourth-order valence-electron chi connectivity index (χ4n) is 3.24. The Morgan fingerprint density at radius 1 is 1.12 bits per heavy atom. The van der Waals surface area contributed by atoms with Crippen molar-refractivity contribution in [1.82, 2.24) is 9.66 Å².